The molecule has 4 aromatic carbocycles. The minimum absolute atomic E-state index is 0.716. The molecule has 0 radical (unpaired) electrons. The van der Waals surface area contributed by atoms with Gasteiger partial charge in [0.1, 0.15) is 0 Å². The molecule has 7 rings (SSSR count). The van der Waals surface area contributed by atoms with Crippen LogP contribution in [0.25, 0.3) is 62.0 Å². The van der Waals surface area contributed by atoms with Gasteiger partial charge in [-0.1, -0.05) is 59.6 Å². The Kier molecular flexibility index (Phi) is 4.68. The van der Waals surface area contributed by atoms with Crippen molar-refractivity contribution in [2.45, 2.75) is 0 Å². The van der Waals surface area contributed by atoms with Gasteiger partial charge in [-0.05, 0) is 48.5 Å². The molecular formula is C29H15Cl2NS2. The Hall–Kier alpha value is -2.95. The standard InChI is InChI=1S/C29H15Cl2NS2/c30-16-9-11-25-20(13-16)22-15-32-29-19-6-2-4-8-24(19)34-26-12-10-17(31)14-21(26)28(29)27(22)18-5-1-3-7-23(18)33-25/h1-15H. The van der Waals surface area contributed by atoms with Crippen LogP contribution in [0.2, 0.25) is 10.0 Å². The average molecular weight is 512 g/mol. The summed E-state index contributed by atoms with van der Waals surface area (Å²) in [5, 5.41) is 9.37. The van der Waals surface area contributed by atoms with Crippen LogP contribution < -0.4 is 0 Å². The van der Waals surface area contributed by atoms with Crippen LogP contribution in [0.4, 0.5) is 0 Å². The zero-order valence-electron chi connectivity index (χ0n) is 17.7. The normalized spacial score (nSPS) is 11.8. The third kappa shape index (κ3) is 3.09. The highest BCUT2D eigenvalue weighted by Gasteiger charge is 2.14. The van der Waals surface area contributed by atoms with E-state index in [0.717, 1.165) is 37.5 Å². The molecular weight excluding hydrogens is 497 g/mol. The predicted molar refractivity (Wildman–Crippen MR) is 153 cm³/mol. The lowest BCUT2D eigenvalue weighted by atomic mass is 10.00. The number of hydrogen-bond acceptors (Lipinski definition) is 3. The maximum absolute atomic E-state index is 6.57. The summed E-state index contributed by atoms with van der Waals surface area (Å²) in [5.74, 6) is 0. The van der Waals surface area contributed by atoms with Crippen LogP contribution in [0.5, 0.6) is 0 Å². The highest BCUT2D eigenvalue weighted by Crippen LogP contribution is 2.43. The molecule has 0 aliphatic heterocycles. The zero-order valence-corrected chi connectivity index (χ0v) is 20.8. The second-order valence-corrected chi connectivity index (χ2v) is 11.3. The van der Waals surface area contributed by atoms with Crippen LogP contribution in [0.3, 0.4) is 0 Å². The van der Waals surface area contributed by atoms with Gasteiger partial charge in [-0.15, -0.1) is 22.7 Å². The van der Waals surface area contributed by atoms with E-state index in [9.17, 15) is 0 Å². The molecule has 0 N–H and O–H groups in total. The topological polar surface area (TPSA) is 12.9 Å². The van der Waals surface area contributed by atoms with E-state index in [1.807, 2.05) is 18.3 Å². The van der Waals surface area contributed by atoms with Gasteiger partial charge in [0.2, 0.25) is 0 Å². The van der Waals surface area contributed by atoms with E-state index in [0.29, 0.717) is 5.02 Å². The van der Waals surface area contributed by atoms with Gasteiger partial charge in [0, 0.05) is 72.7 Å². The second-order valence-electron chi connectivity index (χ2n) is 8.25. The monoisotopic (exact) mass is 511 g/mol. The minimum Gasteiger partial charge on any atom is -0.255 e. The molecule has 0 aliphatic rings. The first-order valence-electron chi connectivity index (χ1n) is 10.8. The molecule has 3 aromatic heterocycles. The van der Waals surface area contributed by atoms with Crippen molar-refractivity contribution in [3.63, 3.8) is 0 Å². The van der Waals surface area contributed by atoms with Gasteiger partial charge < -0.3 is 0 Å². The van der Waals surface area contributed by atoms with E-state index >= 15 is 0 Å². The maximum atomic E-state index is 6.57. The third-order valence-electron chi connectivity index (χ3n) is 6.26. The number of pyridine rings is 1. The molecule has 7 aromatic rings. The summed E-state index contributed by atoms with van der Waals surface area (Å²) in [6.45, 7) is 0. The van der Waals surface area contributed by atoms with Crippen molar-refractivity contribution in [1.82, 2.24) is 4.98 Å². The van der Waals surface area contributed by atoms with E-state index in [1.165, 1.54) is 29.6 Å². The van der Waals surface area contributed by atoms with Crippen molar-refractivity contribution in [2.75, 3.05) is 0 Å². The van der Waals surface area contributed by atoms with Crippen LogP contribution >= 0.6 is 45.9 Å². The number of benzene rings is 4. The van der Waals surface area contributed by atoms with Gasteiger partial charge in [-0.2, -0.15) is 0 Å². The number of halogens is 2. The molecule has 1 nitrogen and oxygen atoms in total. The molecule has 0 saturated carbocycles. The van der Waals surface area contributed by atoms with Crippen molar-refractivity contribution in [3.8, 4) is 0 Å². The number of aromatic nitrogens is 1. The lowest BCUT2D eigenvalue weighted by molar-refractivity contribution is 1.47. The molecule has 0 unspecified atom stereocenters. The fraction of sp³-hybridized carbons (Fsp3) is 0. The van der Waals surface area contributed by atoms with Gasteiger partial charge in [-0.3, -0.25) is 4.98 Å². The Morgan fingerprint density at radius 2 is 1.06 bits per heavy atom. The molecule has 0 atom stereocenters. The molecule has 0 fully saturated rings. The summed E-state index contributed by atoms with van der Waals surface area (Å²) in [5.41, 5.74) is 0.980. The smallest absolute Gasteiger partial charge is 0.0801 e. The van der Waals surface area contributed by atoms with Crippen LogP contribution in [0.1, 0.15) is 0 Å². The minimum atomic E-state index is 0.716. The zero-order chi connectivity index (χ0) is 22.8. The van der Waals surface area contributed by atoms with Gasteiger partial charge >= 0.3 is 0 Å². The Bertz CT molecular complexity index is 2000. The largest absolute Gasteiger partial charge is 0.255 e. The fourth-order valence-electron chi connectivity index (χ4n) is 4.80. The third-order valence-corrected chi connectivity index (χ3v) is 9.03. The van der Waals surface area contributed by atoms with Crippen LogP contribution in [-0.2, 0) is 0 Å². The molecule has 0 amide bonds. The summed E-state index contributed by atoms with van der Waals surface area (Å²) >= 11 is 16.6. The number of rotatable bonds is 0. The summed E-state index contributed by atoms with van der Waals surface area (Å²) in [6.07, 6.45) is 2.02. The Balaban J connectivity index is 1.95. The van der Waals surface area contributed by atoms with E-state index in [2.05, 4.69) is 72.8 Å². The molecule has 0 spiro atoms. The maximum Gasteiger partial charge on any atom is 0.0801 e. The second kappa shape index (κ2) is 7.79. The van der Waals surface area contributed by atoms with Crippen molar-refractivity contribution in [2.24, 2.45) is 0 Å². The highest BCUT2D eigenvalue weighted by atomic mass is 35.5. The van der Waals surface area contributed by atoms with E-state index < -0.39 is 0 Å². The van der Waals surface area contributed by atoms with Gasteiger partial charge in [0.05, 0.1) is 5.52 Å². The van der Waals surface area contributed by atoms with Gasteiger partial charge in [0.15, 0.2) is 0 Å². The van der Waals surface area contributed by atoms with E-state index in [-0.39, 0.29) is 0 Å². The molecule has 0 bridgehead atoms. The van der Waals surface area contributed by atoms with E-state index in [4.69, 9.17) is 28.2 Å². The number of hydrogen-bond donors (Lipinski definition) is 0. The predicted octanol–water partition coefficient (Wildman–Crippen LogP) is 10.6. The molecule has 5 heteroatoms. The molecule has 34 heavy (non-hydrogen) atoms. The molecule has 0 aliphatic carbocycles. The van der Waals surface area contributed by atoms with Crippen molar-refractivity contribution >= 4 is 108 Å². The SMILES string of the molecule is Clc1ccc2sc3ccccc3c3c(cnc4c5ccccc5sc5ccc(Cl)cc5c43)c2c1. The number of nitrogens with zero attached hydrogens (tertiary/aromatic N) is 1. The van der Waals surface area contributed by atoms with Crippen LogP contribution in [0.15, 0.2) is 91.1 Å². The lowest BCUT2D eigenvalue weighted by Gasteiger charge is -2.06. The highest BCUT2D eigenvalue weighted by molar-refractivity contribution is 7.25. The van der Waals surface area contributed by atoms with Crippen LogP contribution in [0, 0.1) is 0 Å². The first-order chi connectivity index (χ1) is 16.7. The average Bonchev–Trinajstić information content (AvgIpc) is 3.08. The fourth-order valence-corrected chi connectivity index (χ4v) is 7.29. The first-order valence-corrected chi connectivity index (χ1v) is 13.2. The van der Waals surface area contributed by atoms with E-state index in [1.54, 1.807) is 22.7 Å². The Morgan fingerprint density at radius 3 is 1.79 bits per heavy atom. The molecule has 162 valence electrons. The Labute approximate surface area is 213 Å². The Morgan fingerprint density at radius 1 is 0.500 bits per heavy atom. The van der Waals surface area contributed by atoms with Gasteiger partial charge in [-0.25, -0.2) is 0 Å². The van der Waals surface area contributed by atoms with Crippen molar-refractivity contribution in [3.05, 3.63) is 101 Å². The van der Waals surface area contributed by atoms with Gasteiger partial charge in [0.25, 0.3) is 0 Å². The summed E-state index contributed by atoms with van der Waals surface area (Å²) in [4.78, 5) is 5.10. The first kappa shape index (κ1) is 20.4. The van der Waals surface area contributed by atoms with Crippen molar-refractivity contribution in [1.29, 1.82) is 0 Å². The van der Waals surface area contributed by atoms with Crippen molar-refractivity contribution < 1.29 is 0 Å². The number of fused-ring (bicyclic) bond motifs is 11. The molecule has 0 saturated heterocycles. The lowest BCUT2D eigenvalue weighted by Crippen LogP contribution is -1.83. The summed E-state index contributed by atoms with van der Waals surface area (Å²) in [7, 11) is 0. The summed E-state index contributed by atoms with van der Waals surface area (Å²) in [6, 6.07) is 29.4. The summed E-state index contributed by atoms with van der Waals surface area (Å²) < 4.78 is 4.75. The van der Waals surface area contributed by atoms with Crippen LogP contribution in [-0.4, -0.2) is 4.98 Å². The molecule has 3 heterocycles. The quantitative estimate of drug-likeness (QED) is 0.197.